The van der Waals surface area contributed by atoms with Crippen LogP contribution in [0.5, 0.6) is 5.75 Å². The number of thioether (sulfide) groups is 1. The highest BCUT2D eigenvalue weighted by Gasteiger charge is 2.18. The molecule has 1 fully saturated rings. The molecule has 0 bridgehead atoms. The van der Waals surface area contributed by atoms with Gasteiger partial charge in [-0.2, -0.15) is 16.7 Å². The maximum absolute atomic E-state index is 9.84. The lowest BCUT2D eigenvalue weighted by molar-refractivity contribution is 0.419. The molecule has 0 aliphatic heterocycles. The first kappa shape index (κ1) is 13.3. The highest BCUT2D eigenvalue weighted by atomic mass is 32.2. The molecule has 1 heterocycles. The van der Waals surface area contributed by atoms with Gasteiger partial charge >= 0.3 is 0 Å². The molecule has 0 radical (unpaired) electrons. The lowest BCUT2D eigenvalue weighted by atomic mass is 10.2. The summed E-state index contributed by atoms with van der Waals surface area (Å²) in [6.07, 6.45) is 5.23. The number of aromatic hydroxyl groups is 1. The van der Waals surface area contributed by atoms with Gasteiger partial charge in [0.15, 0.2) is 5.82 Å². The molecule has 5 nitrogen and oxygen atoms in total. The monoisotopic (exact) mass is 291 g/mol. The van der Waals surface area contributed by atoms with E-state index in [0.717, 1.165) is 11.0 Å². The molecule has 0 amide bonds. The fourth-order valence-electron chi connectivity index (χ4n) is 2.40. The molecule has 3 N–H and O–H groups in total. The molecule has 2 aromatic rings. The van der Waals surface area contributed by atoms with E-state index in [4.69, 9.17) is 10.3 Å². The Morgan fingerprint density at radius 1 is 1.35 bits per heavy atom. The lowest BCUT2D eigenvalue weighted by Gasteiger charge is -2.04. The van der Waals surface area contributed by atoms with E-state index in [1.165, 1.54) is 31.7 Å². The Balaban J connectivity index is 1.69. The molecule has 106 valence electrons. The minimum atomic E-state index is 0.0589. The summed E-state index contributed by atoms with van der Waals surface area (Å²) < 4.78 is 5.21. The van der Waals surface area contributed by atoms with Gasteiger partial charge in [-0.1, -0.05) is 18.0 Å². The summed E-state index contributed by atoms with van der Waals surface area (Å²) in [6.45, 7) is 0. The summed E-state index contributed by atoms with van der Waals surface area (Å²) in [4.78, 5) is 4.33. The first-order valence-electron chi connectivity index (χ1n) is 6.75. The number of aromatic nitrogens is 2. The third-order valence-electron chi connectivity index (χ3n) is 3.47. The van der Waals surface area contributed by atoms with Crippen LogP contribution in [0.15, 0.2) is 22.7 Å². The van der Waals surface area contributed by atoms with E-state index < -0.39 is 0 Å². The van der Waals surface area contributed by atoms with E-state index in [-0.39, 0.29) is 5.75 Å². The number of rotatable bonds is 4. The average Bonchev–Trinajstić information content (AvgIpc) is 3.07. The number of nitrogen functional groups attached to an aromatic ring is 1. The minimum absolute atomic E-state index is 0.0589. The van der Waals surface area contributed by atoms with E-state index in [1.807, 2.05) is 11.8 Å². The van der Waals surface area contributed by atoms with Gasteiger partial charge in [0.25, 0.3) is 5.89 Å². The Kier molecular flexibility index (Phi) is 3.82. The second kappa shape index (κ2) is 5.75. The predicted molar refractivity (Wildman–Crippen MR) is 79.4 cm³/mol. The molecular formula is C14H17N3O2S. The molecule has 1 aromatic carbocycles. The quantitative estimate of drug-likeness (QED) is 0.841. The van der Waals surface area contributed by atoms with Crippen molar-refractivity contribution in [3.05, 3.63) is 24.0 Å². The van der Waals surface area contributed by atoms with Crippen LogP contribution in [0.25, 0.3) is 11.5 Å². The third kappa shape index (κ3) is 2.90. The summed E-state index contributed by atoms with van der Waals surface area (Å²) in [5, 5.41) is 14.5. The van der Waals surface area contributed by atoms with Crippen molar-refractivity contribution in [2.24, 2.45) is 0 Å². The van der Waals surface area contributed by atoms with Gasteiger partial charge in [-0.05, 0) is 25.0 Å². The number of hydrogen-bond donors (Lipinski definition) is 2. The average molecular weight is 291 g/mol. The van der Waals surface area contributed by atoms with Crippen LogP contribution in [-0.4, -0.2) is 20.5 Å². The second-order valence-electron chi connectivity index (χ2n) is 5.01. The van der Waals surface area contributed by atoms with Crippen molar-refractivity contribution in [3.8, 4) is 17.2 Å². The second-order valence-corrected chi connectivity index (χ2v) is 6.30. The number of hydrogen-bond acceptors (Lipinski definition) is 6. The maximum atomic E-state index is 9.84. The summed E-state index contributed by atoms with van der Waals surface area (Å²) in [5.74, 6) is 1.82. The van der Waals surface area contributed by atoms with Gasteiger partial charge in [-0.3, -0.25) is 0 Å². The first-order valence-corrected chi connectivity index (χ1v) is 7.80. The molecule has 0 saturated heterocycles. The zero-order chi connectivity index (χ0) is 13.9. The summed E-state index contributed by atoms with van der Waals surface area (Å²) in [5.41, 5.74) is 6.62. The number of phenols is 1. The van der Waals surface area contributed by atoms with E-state index in [0.29, 0.717) is 23.0 Å². The topological polar surface area (TPSA) is 85.2 Å². The molecule has 0 atom stereocenters. The van der Waals surface area contributed by atoms with E-state index in [9.17, 15) is 5.11 Å². The summed E-state index contributed by atoms with van der Waals surface area (Å²) >= 11 is 1.88. The van der Waals surface area contributed by atoms with Crippen LogP contribution in [0.2, 0.25) is 0 Å². The molecule has 6 heteroatoms. The summed E-state index contributed by atoms with van der Waals surface area (Å²) in [7, 11) is 0. The number of phenolic OH excluding ortho intramolecular Hbond substituents is 1. The van der Waals surface area contributed by atoms with Gasteiger partial charge in [0.1, 0.15) is 5.75 Å². The van der Waals surface area contributed by atoms with Crippen LogP contribution >= 0.6 is 11.8 Å². The zero-order valence-corrected chi connectivity index (χ0v) is 11.9. The molecule has 1 aliphatic carbocycles. The Labute approximate surface area is 121 Å². The Morgan fingerprint density at radius 3 is 2.90 bits per heavy atom. The Morgan fingerprint density at radius 2 is 2.15 bits per heavy atom. The third-order valence-corrected chi connectivity index (χ3v) is 4.84. The molecule has 1 saturated carbocycles. The van der Waals surface area contributed by atoms with Crippen molar-refractivity contribution in [1.82, 2.24) is 10.1 Å². The van der Waals surface area contributed by atoms with Gasteiger partial charge in [0, 0.05) is 17.0 Å². The molecule has 1 aliphatic rings. The first-order chi connectivity index (χ1) is 9.72. The van der Waals surface area contributed by atoms with Gasteiger partial charge in [-0.25, -0.2) is 0 Å². The van der Waals surface area contributed by atoms with Gasteiger partial charge in [0.05, 0.1) is 11.3 Å². The fourth-order valence-corrected chi connectivity index (χ4v) is 3.57. The summed E-state index contributed by atoms with van der Waals surface area (Å²) in [6, 6.07) is 4.87. The van der Waals surface area contributed by atoms with Crippen molar-refractivity contribution in [2.45, 2.75) is 36.7 Å². The predicted octanol–water partition coefficient (Wildman–Crippen LogP) is 3.20. The largest absolute Gasteiger partial charge is 0.507 e. The van der Waals surface area contributed by atoms with E-state index in [1.54, 1.807) is 12.1 Å². The van der Waals surface area contributed by atoms with Crippen molar-refractivity contribution in [1.29, 1.82) is 0 Å². The zero-order valence-electron chi connectivity index (χ0n) is 11.1. The highest BCUT2D eigenvalue weighted by Crippen LogP contribution is 2.32. The van der Waals surface area contributed by atoms with Crippen LogP contribution in [0, 0.1) is 0 Å². The van der Waals surface area contributed by atoms with Crippen LogP contribution < -0.4 is 5.73 Å². The molecule has 20 heavy (non-hydrogen) atoms. The number of nitrogens with two attached hydrogens (primary N) is 1. The molecule has 1 aromatic heterocycles. The lowest BCUT2D eigenvalue weighted by Crippen LogP contribution is -1.95. The van der Waals surface area contributed by atoms with Crippen LogP contribution in [0.3, 0.4) is 0 Å². The number of anilines is 1. The van der Waals surface area contributed by atoms with Crippen molar-refractivity contribution in [2.75, 3.05) is 5.73 Å². The highest BCUT2D eigenvalue weighted by molar-refractivity contribution is 7.99. The number of nitrogens with zero attached hydrogens (tertiary/aromatic N) is 2. The minimum Gasteiger partial charge on any atom is -0.507 e. The van der Waals surface area contributed by atoms with Crippen LogP contribution in [0.4, 0.5) is 5.69 Å². The molecule has 3 rings (SSSR count). The molecular weight excluding hydrogens is 274 g/mol. The SMILES string of the molecule is Nc1ccc(-c2nc(CSC3CCCC3)no2)c(O)c1. The van der Waals surface area contributed by atoms with E-state index in [2.05, 4.69) is 10.1 Å². The van der Waals surface area contributed by atoms with Crippen LogP contribution in [0.1, 0.15) is 31.5 Å². The van der Waals surface area contributed by atoms with Crippen molar-refractivity contribution in [3.63, 3.8) is 0 Å². The van der Waals surface area contributed by atoms with E-state index >= 15 is 0 Å². The fraction of sp³-hybridized carbons (Fsp3) is 0.429. The van der Waals surface area contributed by atoms with Gasteiger partial charge in [0.2, 0.25) is 0 Å². The Hall–Kier alpha value is -1.69. The Bertz CT molecular complexity index is 594. The standard InChI is InChI=1S/C14H17N3O2S/c15-9-5-6-11(12(18)7-9)14-16-13(17-19-14)8-20-10-3-1-2-4-10/h5-7,10,18H,1-4,8,15H2. The molecule has 0 spiro atoms. The number of benzene rings is 1. The van der Waals surface area contributed by atoms with Gasteiger partial charge in [-0.15, -0.1) is 0 Å². The van der Waals surface area contributed by atoms with Crippen molar-refractivity contribution < 1.29 is 9.63 Å². The smallest absolute Gasteiger partial charge is 0.261 e. The molecule has 0 unspecified atom stereocenters. The van der Waals surface area contributed by atoms with Crippen LogP contribution in [-0.2, 0) is 5.75 Å². The maximum Gasteiger partial charge on any atom is 0.261 e. The van der Waals surface area contributed by atoms with Gasteiger partial charge < -0.3 is 15.4 Å². The van der Waals surface area contributed by atoms with Crippen molar-refractivity contribution >= 4 is 17.4 Å². The normalized spacial score (nSPS) is 15.8.